The Morgan fingerprint density at radius 1 is 1.19 bits per heavy atom. The van der Waals surface area contributed by atoms with Crippen molar-refractivity contribution >= 4 is 43.4 Å². The van der Waals surface area contributed by atoms with Gasteiger partial charge in [0.15, 0.2) is 0 Å². The molecular weight excluding hydrogens is 377 g/mol. The molecule has 4 heterocycles. The van der Waals surface area contributed by atoms with Crippen LogP contribution in [-0.4, -0.2) is 34.1 Å². The van der Waals surface area contributed by atoms with E-state index in [2.05, 4.69) is 15.0 Å². The number of halogens is 3. The van der Waals surface area contributed by atoms with Gasteiger partial charge in [0.1, 0.15) is 22.8 Å². The normalized spacial score (nSPS) is 15.9. The highest BCUT2D eigenvalue weighted by Crippen LogP contribution is 2.43. The lowest BCUT2D eigenvalue weighted by Crippen LogP contribution is -2.40. The van der Waals surface area contributed by atoms with Crippen LogP contribution in [0.3, 0.4) is 0 Å². The Morgan fingerprint density at radius 3 is 2.48 bits per heavy atom. The molecule has 1 aliphatic rings. The number of pyridine rings is 1. The van der Waals surface area contributed by atoms with E-state index < -0.39 is 11.7 Å². The predicted octanol–water partition coefficient (Wildman–Crippen LogP) is 3.79. The fourth-order valence-corrected chi connectivity index (χ4v) is 4.14. The van der Waals surface area contributed by atoms with Crippen LogP contribution in [0.1, 0.15) is 32.3 Å². The molecule has 0 saturated carbocycles. The number of rotatable bonds is 1. The number of thiophene rings is 1. The average Bonchev–Trinajstić information content (AvgIpc) is 3.02. The number of nitrogens with two attached hydrogens (primary N) is 2. The van der Waals surface area contributed by atoms with Crippen molar-refractivity contribution in [3.63, 3.8) is 0 Å². The lowest BCUT2D eigenvalue weighted by atomic mass is 10.1. The molecule has 0 amide bonds. The summed E-state index contributed by atoms with van der Waals surface area (Å²) in [5.41, 5.74) is 11.1. The summed E-state index contributed by atoms with van der Waals surface area (Å²) in [5.74, 6) is 0.469. The summed E-state index contributed by atoms with van der Waals surface area (Å²) in [5, 5.41) is -0.0148. The van der Waals surface area contributed by atoms with Crippen molar-refractivity contribution in [1.29, 1.82) is 0 Å². The van der Waals surface area contributed by atoms with E-state index in [0.29, 0.717) is 23.6 Å². The van der Waals surface area contributed by atoms with Crippen LogP contribution in [-0.2, 0) is 6.18 Å². The number of anilines is 2. The summed E-state index contributed by atoms with van der Waals surface area (Å²) in [6, 6.07) is 1.19. The van der Waals surface area contributed by atoms with Crippen LogP contribution in [0.5, 0.6) is 0 Å². The molecule has 0 bridgehead atoms. The number of aromatic nitrogens is 3. The van der Waals surface area contributed by atoms with Gasteiger partial charge >= 0.3 is 6.18 Å². The van der Waals surface area contributed by atoms with E-state index in [4.69, 9.17) is 11.5 Å². The smallest absolute Gasteiger partial charge is 0.382 e. The van der Waals surface area contributed by atoms with Gasteiger partial charge in [0.25, 0.3) is 0 Å². The summed E-state index contributed by atoms with van der Waals surface area (Å²) < 4.78 is 41.5. The lowest BCUT2D eigenvalue weighted by Gasteiger charge is -2.31. The highest BCUT2D eigenvalue weighted by molar-refractivity contribution is 7.26. The molecule has 0 spiro atoms. The first-order valence-electron chi connectivity index (χ1n) is 8.76. The SMILES string of the molecule is CC.Nc1ncnc2c1sc1nc(N3CCC(N)CC3)cc(C(F)(F)F)c12. The summed E-state index contributed by atoms with van der Waals surface area (Å²) in [6.45, 7) is 5.17. The molecule has 146 valence electrons. The molecule has 0 radical (unpaired) electrons. The molecule has 1 fully saturated rings. The van der Waals surface area contributed by atoms with Crippen molar-refractivity contribution in [2.75, 3.05) is 23.7 Å². The number of alkyl halides is 3. The maximum atomic E-state index is 13.7. The molecule has 10 heteroatoms. The highest BCUT2D eigenvalue weighted by Gasteiger charge is 2.36. The molecule has 0 aromatic carbocycles. The van der Waals surface area contributed by atoms with Gasteiger partial charge in [-0.1, -0.05) is 13.8 Å². The van der Waals surface area contributed by atoms with Crippen LogP contribution >= 0.6 is 11.3 Å². The molecule has 1 saturated heterocycles. The molecule has 4 N–H and O–H groups in total. The number of nitrogens with zero attached hydrogens (tertiary/aromatic N) is 4. The first-order chi connectivity index (χ1) is 12.8. The summed E-state index contributed by atoms with van der Waals surface area (Å²) in [4.78, 5) is 14.4. The number of hydrogen-bond donors (Lipinski definition) is 2. The number of nitrogen functional groups attached to an aromatic ring is 1. The first kappa shape index (κ1) is 19.6. The molecule has 0 aliphatic carbocycles. The standard InChI is InChI=1S/C15H15F3N6S.C2H6/c16-15(17,18)8-5-9(24-3-1-7(19)2-4-24)23-14-10(8)11-12(25-14)13(20)22-6-21-11;1-2/h5-7H,1-4,19H2,(H2,20,21,22);1-2H3. The minimum atomic E-state index is -4.52. The van der Waals surface area contributed by atoms with E-state index in [1.54, 1.807) is 0 Å². The van der Waals surface area contributed by atoms with Gasteiger partial charge in [-0.05, 0) is 18.9 Å². The number of piperidine rings is 1. The lowest BCUT2D eigenvalue weighted by molar-refractivity contribution is -0.136. The van der Waals surface area contributed by atoms with Crippen molar-refractivity contribution in [2.45, 2.75) is 38.9 Å². The second kappa shape index (κ2) is 7.43. The third-order valence-corrected chi connectivity index (χ3v) is 5.50. The Kier molecular flexibility index (Phi) is 5.38. The Balaban J connectivity index is 0.00000102. The molecule has 3 aromatic heterocycles. The van der Waals surface area contributed by atoms with Gasteiger partial charge in [0.05, 0.1) is 21.2 Å². The molecular formula is C17H21F3N6S. The van der Waals surface area contributed by atoms with Crippen LogP contribution in [0, 0.1) is 0 Å². The van der Waals surface area contributed by atoms with Crippen LogP contribution in [0.4, 0.5) is 24.8 Å². The van der Waals surface area contributed by atoms with E-state index >= 15 is 0 Å². The number of hydrogen-bond acceptors (Lipinski definition) is 7. The fourth-order valence-electron chi connectivity index (χ4n) is 3.09. The molecule has 6 nitrogen and oxygen atoms in total. The molecule has 27 heavy (non-hydrogen) atoms. The van der Waals surface area contributed by atoms with Crippen LogP contribution in [0.2, 0.25) is 0 Å². The minimum Gasteiger partial charge on any atom is -0.382 e. The average molecular weight is 398 g/mol. The van der Waals surface area contributed by atoms with Gasteiger partial charge in [0.2, 0.25) is 0 Å². The Hall–Kier alpha value is -2.20. The quantitative estimate of drug-likeness (QED) is 0.648. The molecule has 1 aliphatic heterocycles. The van der Waals surface area contributed by atoms with Crippen molar-refractivity contribution in [2.24, 2.45) is 5.73 Å². The largest absolute Gasteiger partial charge is 0.417 e. The zero-order chi connectivity index (χ0) is 19.8. The monoisotopic (exact) mass is 398 g/mol. The van der Waals surface area contributed by atoms with Crippen LogP contribution in [0.25, 0.3) is 20.4 Å². The van der Waals surface area contributed by atoms with Gasteiger partial charge in [-0.2, -0.15) is 13.2 Å². The van der Waals surface area contributed by atoms with Gasteiger partial charge in [0, 0.05) is 19.1 Å². The van der Waals surface area contributed by atoms with E-state index in [0.717, 1.165) is 30.2 Å². The van der Waals surface area contributed by atoms with Crippen LogP contribution < -0.4 is 16.4 Å². The van der Waals surface area contributed by atoms with Crippen molar-refractivity contribution < 1.29 is 13.2 Å². The molecule has 3 aromatic rings. The third-order valence-electron chi connectivity index (χ3n) is 4.41. The van der Waals surface area contributed by atoms with E-state index in [1.807, 2.05) is 18.7 Å². The summed E-state index contributed by atoms with van der Waals surface area (Å²) in [7, 11) is 0. The maximum Gasteiger partial charge on any atom is 0.417 e. The summed E-state index contributed by atoms with van der Waals surface area (Å²) in [6.07, 6.45) is -1.89. The van der Waals surface area contributed by atoms with Crippen LogP contribution in [0.15, 0.2) is 12.4 Å². The first-order valence-corrected chi connectivity index (χ1v) is 9.57. The van der Waals surface area contributed by atoms with Crippen molar-refractivity contribution in [1.82, 2.24) is 15.0 Å². The minimum absolute atomic E-state index is 0.0148. The van der Waals surface area contributed by atoms with Crippen molar-refractivity contribution in [3.05, 3.63) is 18.0 Å². The maximum absolute atomic E-state index is 13.7. The number of fused-ring (bicyclic) bond motifs is 3. The zero-order valence-corrected chi connectivity index (χ0v) is 15.9. The second-order valence-corrected chi connectivity index (χ2v) is 7.07. The second-order valence-electron chi connectivity index (χ2n) is 6.07. The Bertz CT molecular complexity index is 947. The van der Waals surface area contributed by atoms with E-state index in [-0.39, 0.29) is 27.6 Å². The van der Waals surface area contributed by atoms with E-state index in [1.165, 1.54) is 6.33 Å². The zero-order valence-electron chi connectivity index (χ0n) is 15.0. The molecule has 0 atom stereocenters. The van der Waals surface area contributed by atoms with Gasteiger partial charge in [-0.3, -0.25) is 0 Å². The highest BCUT2D eigenvalue weighted by atomic mass is 32.1. The van der Waals surface area contributed by atoms with Crippen molar-refractivity contribution in [3.8, 4) is 0 Å². The van der Waals surface area contributed by atoms with Gasteiger partial charge in [-0.25, -0.2) is 15.0 Å². The fraction of sp³-hybridized carbons (Fsp3) is 0.471. The van der Waals surface area contributed by atoms with Gasteiger partial charge in [-0.15, -0.1) is 11.3 Å². The van der Waals surface area contributed by atoms with Gasteiger partial charge < -0.3 is 16.4 Å². The predicted molar refractivity (Wildman–Crippen MR) is 103 cm³/mol. The Morgan fingerprint density at radius 2 is 1.85 bits per heavy atom. The molecule has 0 unspecified atom stereocenters. The molecule has 4 rings (SSSR count). The van der Waals surface area contributed by atoms with E-state index in [9.17, 15) is 13.2 Å². The third kappa shape index (κ3) is 3.63. The topological polar surface area (TPSA) is 93.9 Å². The summed E-state index contributed by atoms with van der Waals surface area (Å²) >= 11 is 1.08. The Labute approximate surface area is 158 Å².